The second-order valence-electron chi connectivity index (χ2n) is 5.09. The summed E-state index contributed by atoms with van der Waals surface area (Å²) in [6, 6.07) is 5.64. The highest BCUT2D eigenvalue weighted by molar-refractivity contribution is 9.10. The van der Waals surface area contributed by atoms with Crippen LogP contribution in [0.5, 0.6) is 0 Å². The van der Waals surface area contributed by atoms with Crippen molar-refractivity contribution in [1.82, 2.24) is 10.2 Å². The molecule has 106 valence electrons. The molecule has 1 rings (SSSR count). The van der Waals surface area contributed by atoms with Gasteiger partial charge in [-0.2, -0.15) is 0 Å². The molecule has 1 aromatic rings. The molecule has 0 aliphatic heterocycles. The van der Waals surface area contributed by atoms with Crippen molar-refractivity contribution in [3.05, 3.63) is 33.3 Å². The Morgan fingerprint density at radius 2 is 2.05 bits per heavy atom. The highest BCUT2D eigenvalue weighted by atomic mass is 79.9. The molecule has 0 bridgehead atoms. The number of hydrogen-bond donors (Lipinski definition) is 1. The van der Waals surface area contributed by atoms with E-state index in [1.807, 2.05) is 20.2 Å². The summed E-state index contributed by atoms with van der Waals surface area (Å²) >= 11 is 9.43. The summed E-state index contributed by atoms with van der Waals surface area (Å²) in [5.41, 5.74) is 0.498. The molecule has 1 N–H and O–H groups in total. The van der Waals surface area contributed by atoms with Gasteiger partial charge in [-0.1, -0.05) is 31.5 Å². The van der Waals surface area contributed by atoms with Crippen LogP contribution in [0.1, 0.15) is 24.2 Å². The first kappa shape index (κ1) is 16.5. The average Bonchev–Trinajstić information content (AvgIpc) is 2.31. The third-order valence-corrected chi connectivity index (χ3v) is 4.40. The number of carbonyl (C=O) groups is 1. The van der Waals surface area contributed by atoms with Crippen LogP contribution in [0.2, 0.25) is 5.02 Å². The first-order valence-corrected chi connectivity index (χ1v) is 7.40. The van der Waals surface area contributed by atoms with Gasteiger partial charge in [0.05, 0.1) is 10.6 Å². The smallest absolute Gasteiger partial charge is 0.252 e. The van der Waals surface area contributed by atoms with Crippen LogP contribution in [0.4, 0.5) is 0 Å². The lowest BCUT2D eigenvalue weighted by Crippen LogP contribution is -2.43. The maximum atomic E-state index is 12.1. The summed E-state index contributed by atoms with van der Waals surface area (Å²) in [5.74, 6) is 0.326. The lowest BCUT2D eigenvalue weighted by molar-refractivity contribution is 0.0935. The van der Waals surface area contributed by atoms with Crippen molar-refractivity contribution >= 4 is 33.4 Å². The number of halogens is 2. The molecule has 0 aliphatic rings. The fourth-order valence-corrected chi connectivity index (χ4v) is 2.56. The second kappa shape index (κ2) is 7.27. The van der Waals surface area contributed by atoms with Crippen LogP contribution in [0, 0.1) is 5.92 Å². The first-order chi connectivity index (χ1) is 8.84. The zero-order valence-corrected chi connectivity index (χ0v) is 14.0. The maximum Gasteiger partial charge on any atom is 0.252 e. The van der Waals surface area contributed by atoms with Crippen LogP contribution in [0.15, 0.2) is 22.7 Å². The lowest BCUT2D eigenvalue weighted by Gasteiger charge is -2.28. The number of rotatable bonds is 5. The quantitative estimate of drug-likeness (QED) is 0.885. The molecule has 0 saturated carbocycles. The van der Waals surface area contributed by atoms with E-state index in [9.17, 15) is 4.79 Å². The first-order valence-electron chi connectivity index (χ1n) is 6.23. The molecular weight excluding hydrogens is 328 g/mol. The van der Waals surface area contributed by atoms with Gasteiger partial charge in [-0.15, -0.1) is 0 Å². The third kappa shape index (κ3) is 4.48. The molecule has 3 nitrogen and oxygen atoms in total. The largest absolute Gasteiger partial charge is 0.350 e. The topological polar surface area (TPSA) is 32.3 Å². The summed E-state index contributed by atoms with van der Waals surface area (Å²) in [4.78, 5) is 14.3. The SMILES string of the molecule is CC(C)C(CNC(=O)c1cccc(Br)c1Cl)N(C)C. The third-order valence-electron chi connectivity index (χ3n) is 3.10. The monoisotopic (exact) mass is 346 g/mol. The average molecular weight is 348 g/mol. The summed E-state index contributed by atoms with van der Waals surface area (Å²) in [6.45, 7) is 4.89. The Morgan fingerprint density at radius 3 is 2.58 bits per heavy atom. The van der Waals surface area contributed by atoms with E-state index in [2.05, 4.69) is 40.0 Å². The number of hydrogen-bond acceptors (Lipinski definition) is 2. The van der Waals surface area contributed by atoms with Crippen molar-refractivity contribution in [2.24, 2.45) is 5.92 Å². The van der Waals surface area contributed by atoms with Gasteiger partial charge in [0.15, 0.2) is 0 Å². The Labute approximate surface area is 128 Å². The van der Waals surface area contributed by atoms with Crippen LogP contribution in [0.25, 0.3) is 0 Å². The van der Waals surface area contributed by atoms with E-state index in [0.29, 0.717) is 29.1 Å². The van der Waals surface area contributed by atoms with Crippen LogP contribution in [-0.2, 0) is 0 Å². The zero-order valence-electron chi connectivity index (χ0n) is 11.7. The minimum absolute atomic E-state index is 0.140. The van der Waals surface area contributed by atoms with E-state index in [0.717, 1.165) is 4.47 Å². The van der Waals surface area contributed by atoms with Gasteiger partial charge in [0.1, 0.15) is 0 Å². The fraction of sp³-hybridized carbons (Fsp3) is 0.500. The molecule has 0 spiro atoms. The summed E-state index contributed by atoms with van der Waals surface area (Å²) in [7, 11) is 4.03. The fourth-order valence-electron chi connectivity index (χ4n) is 1.99. The van der Waals surface area contributed by atoms with Crippen LogP contribution in [0.3, 0.4) is 0 Å². The molecule has 0 fully saturated rings. The molecule has 1 unspecified atom stereocenters. The highest BCUT2D eigenvalue weighted by Gasteiger charge is 2.18. The van der Waals surface area contributed by atoms with E-state index in [1.54, 1.807) is 12.1 Å². The van der Waals surface area contributed by atoms with Crippen molar-refractivity contribution in [2.75, 3.05) is 20.6 Å². The lowest BCUT2D eigenvalue weighted by atomic mass is 10.0. The van der Waals surface area contributed by atoms with Crippen molar-refractivity contribution in [2.45, 2.75) is 19.9 Å². The van der Waals surface area contributed by atoms with Crippen molar-refractivity contribution in [3.8, 4) is 0 Å². The Balaban J connectivity index is 2.72. The maximum absolute atomic E-state index is 12.1. The van der Waals surface area contributed by atoms with Crippen molar-refractivity contribution in [3.63, 3.8) is 0 Å². The van der Waals surface area contributed by atoms with Gasteiger partial charge < -0.3 is 10.2 Å². The summed E-state index contributed by atoms with van der Waals surface area (Å²) < 4.78 is 0.731. The van der Waals surface area contributed by atoms with E-state index in [-0.39, 0.29) is 5.91 Å². The van der Waals surface area contributed by atoms with Crippen LogP contribution >= 0.6 is 27.5 Å². The number of benzene rings is 1. The minimum Gasteiger partial charge on any atom is -0.350 e. The number of nitrogens with zero attached hydrogens (tertiary/aromatic N) is 1. The van der Waals surface area contributed by atoms with E-state index >= 15 is 0 Å². The predicted molar refractivity (Wildman–Crippen MR) is 83.8 cm³/mol. The summed E-state index contributed by atoms with van der Waals surface area (Å²) in [6.07, 6.45) is 0. The van der Waals surface area contributed by atoms with Crippen LogP contribution in [-0.4, -0.2) is 37.5 Å². The molecule has 1 aromatic carbocycles. The van der Waals surface area contributed by atoms with Crippen molar-refractivity contribution in [1.29, 1.82) is 0 Å². The normalized spacial score (nSPS) is 12.8. The van der Waals surface area contributed by atoms with E-state index in [4.69, 9.17) is 11.6 Å². The molecule has 0 aliphatic carbocycles. The number of likely N-dealkylation sites (N-methyl/N-ethyl adjacent to an activating group) is 1. The molecule has 0 radical (unpaired) electrons. The van der Waals surface area contributed by atoms with Crippen LogP contribution < -0.4 is 5.32 Å². The van der Waals surface area contributed by atoms with Crippen molar-refractivity contribution < 1.29 is 4.79 Å². The molecule has 0 saturated heterocycles. The van der Waals surface area contributed by atoms with Gasteiger partial charge in [0.25, 0.3) is 5.91 Å². The predicted octanol–water partition coefficient (Wildman–Crippen LogP) is 3.42. The molecule has 1 atom stereocenters. The molecule has 0 heterocycles. The zero-order chi connectivity index (χ0) is 14.6. The Morgan fingerprint density at radius 1 is 1.42 bits per heavy atom. The van der Waals surface area contributed by atoms with E-state index in [1.165, 1.54) is 0 Å². The second-order valence-corrected chi connectivity index (χ2v) is 6.32. The Hall–Kier alpha value is -0.580. The molecular formula is C14H20BrClN2O. The summed E-state index contributed by atoms with van der Waals surface area (Å²) in [5, 5.41) is 3.39. The van der Waals surface area contributed by atoms with Gasteiger partial charge in [-0.05, 0) is 48.1 Å². The van der Waals surface area contributed by atoms with Gasteiger partial charge in [-0.25, -0.2) is 0 Å². The minimum atomic E-state index is -0.140. The van der Waals surface area contributed by atoms with Gasteiger partial charge >= 0.3 is 0 Å². The Kier molecular flexibility index (Phi) is 6.30. The molecule has 0 aromatic heterocycles. The van der Waals surface area contributed by atoms with E-state index < -0.39 is 0 Å². The Bertz CT molecular complexity index is 441. The molecule has 19 heavy (non-hydrogen) atoms. The highest BCUT2D eigenvalue weighted by Crippen LogP contribution is 2.25. The number of amides is 1. The standard InChI is InChI=1S/C14H20BrClN2O/c1-9(2)12(18(3)4)8-17-14(19)10-6-5-7-11(15)13(10)16/h5-7,9,12H,8H2,1-4H3,(H,17,19). The molecule has 5 heteroatoms. The number of carbonyl (C=O) groups excluding carboxylic acids is 1. The molecule has 1 amide bonds. The number of nitrogens with one attached hydrogen (secondary N) is 1. The van der Waals surface area contributed by atoms with Gasteiger partial charge in [-0.3, -0.25) is 4.79 Å². The van der Waals surface area contributed by atoms with Gasteiger partial charge in [0.2, 0.25) is 0 Å². The van der Waals surface area contributed by atoms with Gasteiger partial charge in [0, 0.05) is 17.1 Å².